The molecule has 0 N–H and O–H groups in total. The Labute approximate surface area is 119 Å². The van der Waals surface area contributed by atoms with Crippen LogP contribution in [0.25, 0.3) is 0 Å². The molecule has 3 fully saturated rings. The highest BCUT2D eigenvalue weighted by Gasteiger charge is 2.48. The Morgan fingerprint density at radius 2 is 2.25 bits per heavy atom. The van der Waals surface area contributed by atoms with E-state index in [9.17, 15) is 9.59 Å². The van der Waals surface area contributed by atoms with E-state index in [0.717, 1.165) is 38.7 Å². The molecule has 2 heterocycles. The highest BCUT2D eigenvalue weighted by molar-refractivity contribution is 5.86. The van der Waals surface area contributed by atoms with Crippen molar-refractivity contribution in [1.29, 1.82) is 0 Å². The second-order valence-electron chi connectivity index (χ2n) is 6.24. The van der Waals surface area contributed by atoms with Gasteiger partial charge in [-0.15, -0.1) is 0 Å². The van der Waals surface area contributed by atoms with Crippen molar-refractivity contribution < 1.29 is 19.1 Å². The highest BCUT2D eigenvalue weighted by atomic mass is 16.5. The molecular weight excluding hydrogens is 258 g/mol. The molecule has 0 aromatic rings. The number of likely N-dealkylation sites (tertiary alicyclic amines) is 1. The van der Waals surface area contributed by atoms with Gasteiger partial charge in [0.1, 0.15) is 12.4 Å². The third-order valence-electron chi connectivity index (χ3n) is 4.85. The highest BCUT2D eigenvalue weighted by Crippen LogP contribution is 2.43. The van der Waals surface area contributed by atoms with Crippen molar-refractivity contribution in [2.75, 3.05) is 26.4 Å². The van der Waals surface area contributed by atoms with Crippen LogP contribution in [-0.4, -0.2) is 54.6 Å². The standard InChI is InChI=1S/C15H23NO4/c17-12-4-7-16(15(9-12)5-2-6-15)14(18)11-19-10-13-3-1-8-20-13/h13H,1-11H2. The summed E-state index contributed by atoms with van der Waals surface area (Å²) < 4.78 is 11.0. The van der Waals surface area contributed by atoms with E-state index >= 15 is 0 Å². The van der Waals surface area contributed by atoms with E-state index in [-0.39, 0.29) is 24.2 Å². The van der Waals surface area contributed by atoms with Gasteiger partial charge in [0.25, 0.3) is 0 Å². The summed E-state index contributed by atoms with van der Waals surface area (Å²) >= 11 is 0. The molecule has 3 aliphatic rings. The molecule has 20 heavy (non-hydrogen) atoms. The Balaban J connectivity index is 1.49. The first-order valence-corrected chi connectivity index (χ1v) is 7.71. The smallest absolute Gasteiger partial charge is 0.249 e. The maximum atomic E-state index is 12.3. The molecule has 2 saturated heterocycles. The molecule has 1 saturated carbocycles. The summed E-state index contributed by atoms with van der Waals surface area (Å²) in [7, 11) is 0. The van der Waals surface area contributed by atoms with Gasteiger partial charge < -0.3 is 14.4 Å². The van der Waals surface area contributed by atoms with Gasteiger partial charge in [0, 0.05) is 31.5 Å². The van der Waals surface area contributed by atoms with Crippen LogP contribution in [0.5, 0.6) is 0 Å². The Bertz CT molecular complexity index is 385. The first-order chi connectivity index (χ1) is 9.70. The Hall–Kier alpha value is -0.940. The van der Waals surface area contributed by atoms with Gasteiger partial charge in [0.15, 0.2) is 0 Å². The number of Topliss-reactive ketones (excluding diaryl/α,β-unsaturated/α-hetero) is 1. The molecule has 0 bridgehead atoms. The number of ether oxygens (including phenoxy) is 2. The fourth-order valence-corrected chi connectivity index (χ4v) is 3.58. The minimum absolute atomic E-state index is 0.0372. The van der Waals surface area contributed by atoms with E-state index < -0.39 is 0 Å². The first kappa shape index (κ1) is 14.0. The second kappa shape index (κ2) is 5.82. The summed E-state index contributed by atoms with van der Waals surface area (Å²) in [5.41, 5.74) is -0.167. The van der Waals surface area contributed by atoms with Crippen LogP contribution in [0.1, 0.15) is 44.9 Å². The number of carbonyl (C=O) groups is 2. The predicted octanol–water partition coefficient (Wildman–Crippen LogP) is 1.30. The van der Waals surface area contributed by atoms with E-state index in [0.29, 0.717) is 31.8 Å². The average Bonchev–Trinajstić information content (AvgIpc) is 2.89. The maximum absolute atomic E-state index is 12.3. The lowest BCUT2D eigenvalue weighted by molar-refractivity contribution is -0.154. The van der Waals surface area contributed by atoms with Crippen molar-refractivity contribution in [3.8, 4) is 0 Å². The fourth-order valence-electron chi connectivity index (χ4n) is 3.58. The first-order valence-electron chi connectivity index (χ1n) is 7.71. The topological polar surface area (TPSA) is 55.8 Å². The van der Waals surface area contributed by atoms with E-state index in [1.54, 1.807) is 0 Å². The summed E-state index contributed by atoms with van der Waals surface area (Å²) in [6.45, 7) is 2.00. The minimum atomic E-state index is -0.167. The second-order valence-corrected chi connectivity index (χ2v) is 6.24. The van der Waals surface area contributed by atoms with Crippen LogP contribution in [0, 0.1) is 0 Å². The molecule has 5 nitrogen and oxygen atoms in total. The number of piperidine rings is 1. The van der Waals surface area contributed by atoms with Gasteiger partial charge in [0.05, 0.1) is 12.7 Å². The zero-order valence-corrected chi connectivity index (χ0v) is 11.9. The zero-order chi connectivity index (χ0) is 14.0. The largest absolute Gasteiger partial charge is 0.376 e. The van der Waals surface area contributed by atoms with Gasteiger partial charge in [-0.25, -0.2) is 0 Å². The number of ketones is 1. The number of hydrogen-bond acceptors (Lipinski definition) is 4. The normalized spacial score (nSPS) is 28.7. The van der Waals surface area contributed by atoms with E-state index in [1.165, 1.54) is 0 Å². The molecule has 1 atom stereocenters. The number of carbonyl (C=O) groups excluding carboxylic acids is 2. The van der Waals surface area contributed by atoms with Crippen LogP contribution >= 0.6 is 0 Å². The lowest BCUT2D eigenvalue weighted by Gasteiger charge is -2.52. The SMILES string of the molecule is O=C1CCN(C(=O)COCC2CCCO2)C2(CCC2)C1. The van der Waals surface area contributed by atoms with E-state index in [2.05, 4.69) is 0 Å². The van der Waals surface area contributed by atoms with E-state index in [4.69, 9.17) is 9.47 Å². The van der Waals surface area contributed by atoms with Gasteiger partial charge in [-0.05, 0) is 32.1 Å². The molecule has 1 aliphatic carbocycles. The van der Waals surface area contributed by atoms with Crippen LogP contribution < -0.4 is 0 Å². The van der Waals surface area contributed by atoms with Gasteiger partial charge in [0.2, 0.25) is 5.91 Å². The molecule has 0 aromatic heterocycles. The van der Waals surface area contributed by atoms with Crippen molar-refractivity contribution in [3.63, 3.8) is 0 Å². The van der Waals surface area contributed by atoms with Gasteiger partial charge in [-0.1, -0.05) is 0 Å². The average molecular weight is 281 g/mol. The molecule has 112 valence electrons. The minimum Gasteiger partial charge on any atom is -0.376 e. The molecule has 1 spiro atoms. The van der Waals surface area contributed by atoms with Gasteiger partial charge >= 0.3 is 0 Å². The van der Waals surface area contributed by atoms with Gasteiger partial charge in [-0.3, -0.25) is 9.59 Å². The molecule has 3 rings (SSSR count). The van der Waals surface area contributed by atoms with Gasteiger partial charge in [-0.2, -0.15) is 0 Å². The summed E-state index contributed by atoms with van der Waals surface area (Å²) in [6.07, 6.45) is 6.36. The Morgan fingerprint density at radius 1 is 1.40 bits per heavy atom. The van der Waals surface area contributed by atoms with Crippen molar-refractivity contribution in [2.45, 2.75) is 56.6 Å². The number of hydrogen-bond donors (Lipinski definition) is 0. The van der Waals surface area contributed by atoms with Crippen molar-refractivity contribution >= 4 is 11.7 Å². The maximum Gasteiger partial charge on any atom is 0.249 e. The summed E-state index contributed by atoms with van der Waals surface area (Å²) in [4.78, 5) is 25.9. The fraction of sp³-hybridized carbons (Fsp3) is 0.867. The predicted molar refractivity (Wildman–Crippen MR) is 72.3 cm³/mol. The lowest BCUT2D eigenvalue weighted by Crippen LogP contribution is -2.61. The third kappa shape index (κ3) is 2.74. The molecule has 5 heteroatoms. The quantitative estimate of drug-likeness (QED) is 0.779. The number of amides is 1. The lowest BCUT2D eigenvalue weighted by atomic mass is 9.69. The van der Waals surface area contributed by atoms with Crippen LogP contribution in [0.3, 0.4) is 0 Å². The van der Waals surface area contributed by atoms with Crippen LogP contribution in [0.4, 0.5) is 0 Å². The Kier molecular flexibility index (Phi) is 4.08. The number of nitrogens with zero attached hydrogens (tertiary/aromatic N) is 1. The van der Waals surface area contributed by atoms with Crippen molar-refractivity contribution in [2.24, 2.45) is 0 Å². The molecule has 2 aliphatic heterocycles. The molecular formula is C15H23NO4. The molecule has 1 amide bonds. The van der Waals surface area contributed by atoms with Crippen molar-refractivity contribution in [3.05, 3.63) is 0 Å². The summed E-state index contributed by atoms with van der Waals surface area (Å²) in [6, 6.07) is 0. The summed E-state index contributed by atoms with van der Waals surface area (Å²) in [5.74, 6) is 0.337. The molecule has 0 aromatic carbocycles. The van der Waals surface area contributed by atoms with Crippen LogP contribution in [0.2, 0.25) is 0 Å². The molecule has 0 radical (unpaired) electrons. The zero-order valence-electron chi connectivity index (χ0n) is 11.9. The van der Waals surface area contributed by atoms with E-state index in [1.807, 2.05) is 4.90 Å². The van der Waals surface area contributed by atoms with Crippen LogP contribution in [0.15, 0.2) is 0 Å². The van der Waals surface area contributed by atoms with Crippen LogP contribution in [-0.2, 0) is 19.1 Å². The Morgan fingerprint density at radius 3 is 2.90 bits per heavy atom. The molecule has 1 unspecified atom stereocenters. The monoisotopic (exact) mass is 281 g/mol. The number of rotatable bonds is 4. The third-order valence-corrected chi connectivity index (χ3v) is 4.85. The van der Waals surface area contributed by atoms with Crippen molar-refractivity contribution in [1.82, 2.24) is 4.90 Å². The summed E-state index contributed by atoms with van der Waals surface area (Å²) in [5, 5.41) is 0.